The largest absolute Gasteiger partial charge is 0.505 e. The number of halogens is 3. The summed E-state index contributed by atoms with van der Waals surface area (Å²) in [5.74, 6) is -0.101. The molecule has 0 bridgehead atoms. The Morgan fingerprint density at radius 3 is 2.28 bits per heavy atom. The van der Waals surface area contributed by atoms with Gasteiger partial charge < -0.3 is 10.4 Å². The molecule has 1 atom stereocenters. The fourth-order valence-corrected chi connectivity index (χ4v) is 3.08. The molecule has 18 heavy (non-hydrogen) atoms. The van der Waals surface area contributed by atoms with Crippen molar-refractivity contribution in [1.29, 1.82) is 0 Å². The second kappa shape index (κ2) is 5.57. The van der Waals surface area contributed by atoms with E-state index in [4.69, 9.17) is 34.8 Å². The van der Waals surface area contributed by atoms with Crippen LogP contribution in [0.3, 0.4) is 0 Å². The highest BCUT2D eigenvalue weighted by Gasteiger charge is 2.11. The molecule has 96 valence electrons. The number of nitrogens with one attached hydrogen (secondary N) is 1. The van der Waals surface area contributed by atoms with Crippen LogP contribution in [0.1, 0.15) is 17.8 Å². The van der Waals surface area contributed by atoms with Gasteiger partial charge in [-0.15, -0.1) is 11.3 Å². The third-order valence-electron chi connectivity index (χ3n) is 2.42. The van der Waals surface area contributed by atoms with E-state index in [1.165, 1.54) is 11.3 Å². The average Bonchev–Trinajstić information content (AvgIpc) is 2.72. The Kier molecular flexibility index (Phi) is 4.28. The number of hydrogen-bond donors (Lipinski definition) is 2. The first kappa shape index (κ1) is 13.8. The van der Waals surface area contributed by atoms with E-state index in [9.17, 15) is 5.11 Å². The number of thiophene rings is 1. The molecule has 1 aromatic heterocycles. The van der Waals surface area contributed by atoms with Gasteiger partial charge in [-0.25, -0.2) is 0 Å². The number of hydrogen-bond acceptors (Lipinski definition) is 3. The van der Waals surface area contributed by atoms with Gasteiger partial charge in [-0.3, -0.25) is 0 Å². The van der Waals surface area contributed by atoms with Crippen LogP contribution < -0.4 is 5.32 Å². The first-order valence-electron chi connectivity index (χ1n) is 5.17. The highest BCUT2D eigenvalue weighted by atomic mass is 35.5. The van der Waals surface area contributed by atoms with Crippen LogP contribution in [0, 0.1) is 0 Å². The SMILES string of the molecule is CC(Nc1cc(Cl)c(O)c(Cl)c1)c1ccc(Cl)s1. The van der Waals surface area contributed by atoms with Crippen molar-refractivity contribution in [2.24, 2.45) is 0 Å². The molecule has 1 aromatic carbocycles. The molecule has 0 radical (unpaired) electrons. The summed E-state index contributed by atoms with van der Waals surface area (Å²) in [6.45, 7) is 2.01. The monoisotopic (exact) mass is 321 g/mol. The van der Waals surface area contributed by atoms with E-state index >= 15 is 0 Å². The van der Waals surface area contributed by atoms with E-state index in [2.05, 4.69) is 5.32 Å². The lowest BCUT2D eigenvalue weighted by atomic mass is 10.2. The van der Waals surface area contributed by atoms with Crippen LogP contribution in [-0.4, -0.2) is 5.11 Å². The number of anilines is 1. The van der Waals surface area contributed by atoms with E-state index in [0.717, 1.165) is 14.9 Å². The maximum absolute atomic E-state index is 9.48. The Morgan fingerprint density at radius 2 is 1.78 bits per heavy atom. The van der Waals surface area contributed by atoms with Crippen molar-refractivity contribution in [2.75, 3.05) is 5.32 Å². The van der Waals surface area contributed by atoms with Crippen LogP contribution in [0.15, 0.2) is 24.3 Å². The fourth-order valence-electron chi connectivity index (χ4n) is 1.53. The van der Waals surface area contributed by atoms with Gasteiger partial charge >= 0.3 is 0 Å². The lowest BCUT2D eigenvalue weighted by Gasteiger charge is -2.14. The van der Waals surface area contributed by atoms with Gasteiger partial charge in [0, 0.05) is 10.6 Å². The third kappa shape index (κ3) is 3.04. The van der Waals surface area contributed by atoms with Gasteiger partial charge in [0.25, 0.3) is 0 Å². The molecule has 0 spiro atoms. The van der Waals surface area contributed by atoms with Gasteiger partial charge in [-0.1, -0.05) is 34.8 Å². The molecule has 0 aliphatic carbocycles. The van der Waals surface area contributed by atoms with Crippen molar-refractivity contribution in [1.82, 2.24) is 0 Å². The van der Waals surface area contributed by atoms with E-state index < -0.39 is 0 Å². The molecule has 0 saturated carbocycles. The van der Waals surface area contributed by atoms with E-state index in [-0.39, 0.29) is 21.8 Å². The molecular formula is C12H10Cl3NOS. The minimum atomic E-state index is -0.101. The summed E-state index contributed by atoms with van der Waals surface area (Å²) in [4.78, 5) is 1.11. The normalized spacial score (nSPS) is 12.4. The Bertz CT molecular complexity index is 547. The minimum Gasteiger partial charge on any atom is -0.505 e. The van der Waals surface area contributed by atoms with Gasteiger partial charge in [0.2, 0.25) is 0 Å². The molecule has 0 saturated heterocycles. The minimum absolute atomic E-state index is 0.0826. The first-order valence-corrected chi connectivity index (χ1v) is 7.12. The number of rotatable bonds is 3. The summed E-state index contributed by atoms with van der Waals surface area (Å²) in [5.41, 5.74) is 0.750. The molecular weight excluding hydrogens is 313 g/mol. The second-order valence-corrected chi connectivity index (χ2v) is 6.36. The van der Waals surface area contributed by atoms with Crippen molar-refractivity contribution < 1.29 is 5.11 Å². The molecule has 2 nitrogen and oxygen atoms in total. The van der Waals surface area contributed by atoms with E-state index in [1.807, 2.05) is 19.1 Å². The third-order valence-corrected chi connectivity index (χ3v) is 4.41. The zero-order valence-corrected chi connectivity index (χ0v) is 12.5. The highest BCUT2D eigenvalue weighted by Crippen LogP contribution is 2.36. The quantitative estimate of drug-likeness (QED) is 0.722. The predicted octanol–water partition coefficient (Wildman–Crippen LogP) is 5.59. The number of aromatic hydroxyl groups is 1. The van der Waals surface area contributed by atoms with E-state index in [1.54, 1.807) is 12.1 Å². The van der Waals surface area contributed by atoms with Crippen LogP contribution in [0.2, 0.25) is 14.4 Å². The summed E-state index contributed by atoms with van der Waals surface area (Å²) >= 11 is 19.1. The Balaban J connectivity index is 2.19. The Hall–Kier alpha value is -0.610. The molecule has 1 unspecified atom stereocenters. The molecule has 1 heterocycles. The zero-order chi connectivity index (χ0) is 13.3. The fraction of sp³-hybridized carbons (Fsp3) is 0.167. The van der Waals surface area contributed by atoms with Gasteiger partial charge in [-0.05, 0) is 31.2 Å². The molecule has 0 aliphatic heterocycles. The molecule has 0 aliphatic rings. The topological polar surface area (TPSA) is 32.3 Å². The zero-order valence-electron chi connectivity index (χ0n) is 9.38. The van der Waals surface area contributed by atoms with E-state index in [0.29, 0.717) is 0 Å². The Labute approximate surface area is 124 Å². The molecule has 2 rings (SSSR count). The van der Waals surface area contributed by atoms with Crippen molar-refractivity contribution in [2.45, 2.75) is 13.0 Å². The van der Waals surface area contributed by atoms with Gasteiger partial charge in [0.1, 0.15) is 0 Å². The number of phenols is 1. The van der Waals surface area contributed by atoms with Crippen LogP contribution in [0.4, 0.5) is 5.69 Å². The van der Waals surface area contributed by atoms with Crippen LogP contribution in [0.5, 0.6) is 5.75 Å². The summed E-state index contributed by atoms with van der Waals surface area (Å²) in [5, 5.41) is 13.2. The Morgan fingerprint density at radius 1 is 1.17 bits per heavy atom. The summed E-state index contributed by atoms with van der Waals surface area (Å²) in [7, 11) is 0. The molecule has 0 amide bonds. The molecule has 6 heteroatoms. The van der Waals surface area contributed by atoms with Crippen molar-refractivity contribution in [3.63, 3.8) is 0 Å². The highest BCUT2D eigenvalue weighted by molar-refractivity contribution is 7.16. The van der Waals surface area contributed by atoms with Crippen molar-refractivity contribution in [3.05, 3.63) is 43.5 Å². The molecule has 2 N–H and O–H groups in total. The maximum atomic E-state index is 9.48. The van der Waals surface area contributed by atoms with Gasteiger partial charge in [-0.2, -0.15) is 0 Å². The second-order valence-electron chi connectivity index (χ2n) is 3.80. The molecule has 0 fully saturated rings. The van der Waals surface area contributed by atoms with Crippen LogP contribution >= 0.6 is 46.1 Å². The lowest BCUT2D eigenvalue weighted by molar-refractivity contribution is 0.476. The summed E-state index contributed by atoms with van der Waals surface area (Å²) in [6.07, 6.45) is 0. The van der Waals surface area contributed by atoms with Gasteiger partial charge in [0.15, 0.2) is 5.75 Å². The number of phenolic OH excluding ortho intramolecular Hbond substituents is 1. The maximum Gasteiger partial charge on any atom is 0.152 e. The summed E-state index contributed by atoms with van der Waals surface area (Å²) in [6, 6.07) is 7.17. The summed E-state index contributed by atoms with van der Waals surface area (Å²) < 4.78 is 0.750. The first-order chi connectivity index (χ1) is 8.47. The van der Waals surface area contributed by atoms with Gasteiger partial charge in [0.05, 0.1) is 20.4 Å². The van der Waals surface area contributed by atoms with Crippen molar-refractivity contribution in [3.8, 4) is 5.75 Å². The van der Waals surface area contributed by atoms with Crippen molar-refractivity contribution >= 4 is 51.8 Å². The van der Waals surface area contributed by atoms with Crippen LogP contribution in [0.25, 0.3) is 0 Å². The lowest BCUT2D eigenvalue weighted by Crippen LogP contribution is -2.04. The standard InChI is InChI=1S/C12H10Cl3NOS/c1-6(10-2-3-11(15)18-10)16-7-4-8(13)12(17)9(14)5-7/h2-6,16-17H,1H3. The molecule has 2 aromatic rings. The predicted molar refractivity (Wildman–Crippen MR) is 79.5 cm³/mol. The average molecular weight is 323 g/mol. The van der Waals surface area contributed by atoms with Crippen LogP contribution in [-0.2, 0) is 0 Å². The smallest absolute Gasteiger partial charge is 0.152 e. The number of benzene rings is 1.